The van der Waals surface area contributed by atoms with Gasteiger partial charge in [-0.15, -0.1) is 5.10 Å². The Morgan fingerprint density at radius 3 is 2.72 bits per heavy atom. The highest BCUT2D eigenvalue weighted by molar-refractivity contribution is 7.89. The van der Waals surface area contributed by atoms with Crippen LogP contribution >= 0.6 is 0 Å². The number of rotatable bonds is 6. The second-order valence-electron chi connectivity index (χ2n) is 6.17. The van der Waals surface area contributed by atoms with Gasteiger partial charge in [-0.3, -0.25) is 4.90 Å². The van der Waals surface area contributed by atoms with Crippen molar-refractivity contribution in [2.45, 2.75) is 31.0 Å². The van der Waals surface area contributed by atoms with Crippen molar-refractivity contribution >= 4 is 10.0 Å². The Labute approximate surface area is 147 Å². The number of benzene rings is 1. The first-order chi connectivity index (χ1) is 11.9. The van der Waals surface area contributed by atoms with Crippen LogP contribution in [0.2, 0.25) is 0 Å². The van der Waals surface area contributed by atoms with Crippen LogP contribution < -0.4 is 4.72 Å². The molecule has 136 valence electrons. The molecule has 1 aliphatic rings. The lowest BCUT2D eigenvalue weighted by Crippen LogP contribution is -2.47. The number of ether oxygens (including phenoxy) is 1. The fourth-order valence-electron chi connectivity index (χ4n) is 2.96. The Morgan fingerprint density at radius 1 is 1.28 bits per heavy atom. The van der Waals surface area contributed by atoms with Gasteiger partial charge in [0.05, 0.1) is 22.8 Å². The summed E-state index contributed by atoms with van der Waals surface area (Å²) in [6.45, 7) is 6.65. The summed E-state index contributed by atoms with van der Waals surface area (Å²) in [4.78, 5) is 2.39. The predicted octanol–water partition coefficient (Wildman–Crippen LogP) is 0.0498. The van der Waals surface area contributed by atoms with Crippen molar-refractivity contribution in [3.63, 3.8) is 0 Å². The maximum absolute atomic E-state index is 12.5. The molecule has 0 amide bonds. The smallest absolute Gasteiger partial charge is 0.240 e. The zero-order valence-corrected chi connectivity index (χ0v) is 15.1. The number of nitrogens with one attached hydrogen (secondary N) is 1. The van der Waals surface area contributed by atoms with E-state index in [1.807, 2.05) is 13.8 Å². The Morgan fingerprint density at radius 2 is 2.04 bits per heavy atom. The average molecular weight is 366 g/mol. The minimum atomic E-state index is -3.59. The van der Waals surface area contributed by atoms with E-state index in [2.05, 4.69) is 25.1 Å². The van der Waals surface area contributed by atoms with Crippen molar-refractivity contribution in [2.24, 2.45) is 0 Å². The third kappa shape index (κ3) is 4.60. The highest BCUT2D eigenvalue weighted by atomic mass is 32.2. The van der Waals surface area contributed by atoms with Gasteiger partial charge in [0.15, 0.2) is 0 Å². The van der Waals surface area contributed by atoms with Crippen LogP contribution in [-0.2, 0) is 14.8 Å². The summed E-state index contributed by atoms with van der Waals surface area (Å²) in [5.74, 6) is 0. The van der Waals surface area contributed by atoms with Crippen molar-refractivity contribution < 1.29 is 13.2 Å². The van der Waals surface area contributed by atoms with Crippen molar-refractivity contribution in [1.82, 2.24) is 29.8 Å². The van der Waals surface area contributed by atoms with Crippen molar-refractivity contribution in [2.75, 3.05) is 26.2 Å². The molecule has 1 N–H and O–H groups in total. The maximum atomic E-state index is 12.5. The van der Waals surface area contributed by atoms with E-state index in [1.165, 1.54) is 17.1 Å². The van der Waals surface area contributed by atoms with Crippen LogP contribution in [0.15, 0.2) is 35.5 Å². The Balaban J connectivity index is 1.61. The van der Waals surface area contributed by atoms with E-state index in [1.54, 1.807) is 18.2 Å². The molecule has 1 saturated heterocycles. The van der Waals surface area contributed by atoms with Gasteiger partial charge < -0.3 is 4.74 Å². The summed E-state index contributed by atoms with van der Waals surface area (Å²) >= 11 is 0. The molecule has 0 bridgehead atoms. The van der Waals surface area contributed by atoms with Crippen LogP contribution in [0.5, 0.6) is 0 Å². The molecule has 2 heterocycles. The molecule has 1 aromatic heterocycles. The van der Waals surface area contributed by atoms with Gasteiger partial charge in [0, 0.05) is 26.2 Å². The number of nitrogens with zero attached hydrogens (tertiary/aromatic N) is 5. The molecule has 0 saturated carbocycles. The standard InChI is InChI=1S/C15H22N6O3S/c1-12-9-20(10-13(2)24-12)7-6-17-25(22,23)15-5-3-4-14(8-15)21-11-16-18-19-21/h3-5,8,11-13,17H,6-7,9-10H2,1-2H3/t12-,13-/m0/s1. The summed E-state index contributed by atoms with van der Waals surface area (Å²) in [6, 6.07) is 6.50. The molecule has 2 atom stereocenters. The summed E-state index contributed by atoms with van der Waals surface area (Å²) < 4.78 is 34.8. The summed E-state index contributed by atoms with van der Waals surface area (Å²) in [5.41, 5.74) is 0.587. The molecule has 0 spiro atoms. The normalized spacial score (nSPS) is 22.2. The molecule has 2 aromatic rings. The third-order valence-electron chi connectivity index (χ3n) is 3.96. The summed E-state index contributed by atoms with van der Waals surface area (Å²) in [7, 11) is -3.59. The summed E-state index contributed by atoms with van der Waals surface area (Å²) in [6.07, 6.45) is 1.74. The molecule has 10 heteroatoms. The lowest BCUT2D eigenvalue weighted by Gasteiger charge is -2.35. The van der Waals surface area contributed by atoms with E-state index in [-0.39, 0.29) is 17.1 Å². The first-order valence-electron chi connectivity index (χ1n) is 8.15. The van der Waals surface area contributed by atoms with Crippen molar-refractivity contribution in [3.8, 4) is 5.69 Å². The van der Waals surface area contributed by atoms with Crippen molar-refractivity contribution in [1.29, 1.82) is 0 Å². The molecule has 1 aromatic carbocycles. The van der Waals surface area contributed by atoms with Gasteiger partial charge in [-0.25, -0.2) is 17.8 Å². The van der Waals surface area contributed by atoms with E-state index in [4.69, 9.17) is 4.74 Å². The molecule has 25 heavy (non-hydrogen) atoms. The second kappa shape index (κ2) is 7.56. The molecule has 0 aliphatic carbocycles. The van der Waals surface area contributed by atoms with Crippen LogP contribution in [0.1, 0.15) is 13.8 Å². The van der Waals surface area contributed by atoms with Crippen LogP contribution in [0.25, 0.3) is 5.69 Å². The predicted molar refractivity (Wildman–Crippen MR) is 90.8 cm³/mol. The number of hydrogen-bond donors (Lipinski definition) is 1. The topological polar surface area (TPSA) is 102 Å². The fourth-order valence-corrected chi connectivity index (χ4v) is 4.02. The number of tetrazole rings is 1. The highest BCUT2D eigenvalue weighted by Gasteiger charge is 2.22. The number of morpholine rings is 1. The Hall–Kier alpha value is -1.88. The van der Waals surface area contributed by atoms with Crippen molar-refractivity contribution in [3.05, 3.63) is 30.6 Å². The molecule has 3 rings (SSSR count). The van der Waals surface area contributed by atoms with Gasteiger partial charge >= 0.3 is 0 Å². The second-order valence-corrected chi connectivity index (χ2v) is 7.93. The third-order valence-corrected chi connectivity index (χ3v) is 5.42. The van der Waals surface area contributed by atoms with Gasteiger partial charge in [0.25, 0.3) is 0 Å². The number of sulfonamides is 1. The Kier molecular flexibility index (Phi) is 5.42. The van der Waals surface area contributed by atoms with Crippen LogP contribution in [0.4, 0.5) is 0 Å². The van der Waals surface area contributed by atoms with E-state index in [9.17, 15) is 8.42 Å². The number of aromatic nitrogens is 4. The van der Waals surface area contributed by atoms with E-state index < -0.39 is 10.0 Å². The van der Waals surface area contributed by atoms with Crippen LogP contribution in [0.3, 0.4) is 0 Å². The van der Waals surface area contributed by atoms with Gasteiger partial charge in [-0.05, 0) is 42.5 Å². The monoisotopic (exact) mass is 366 g/mol. The number of hydrogen-bond acceptors (Lipinski definition) is 7. The molecular formula is C15H22N6O3S. The lowest BCUT2D eigenvalue weighted by atomic mass is 10.2. The zero-order chi connectivity index (χ0) is 17.9. The van der Waals surface area contributed by atoms with Gasteiger partial charge in [0.2, 0.25) is 10.0 Å². The van der Waals surface area contributed by atoms with Gasteiger partial charge in [-0.1, -0.05) is 6.07 Å². The van der Waals surface area contributed by atoms with E-state index >= 15 is 0 Å². The fraction of sp³-hybridized carbons (Fsp3) is 0.533. The minimum absolute atomic E-state index is 0.160. The van der Waals surface area contributed by atoms with E-state index in [0.29, 0.717) is 18.8 Å². The maximum Gasteiger partial charge on any atom is 0.240 e. The molecular weight excluding hydrogens is 344 g/mol. The Bertz CT molecular complexity index is 785. The first kappa shape index (κ1) is 17.9. The molecule has 0 radical (unpaired) electrons. The van der Waals surface area contributed by atoms with E-state index in [0.717, 1.165) is 13.1 Å². The summed E-state index contributed by atoms with van der Waals surface area (Å²) in [5, 5.41) is 10.9. The van der Waals surface area contributed by atoms with Gasteiger partial charge in [0.1, 0.15) is 6.33 Å². The van der Waals surface area contributed by atoms with Gasteiger partial charge in [-0.2, -0.15) is 0 Å². The minimum Gasteiger partial charge on any atom is -0.373 e. The van der Waals surface area contributed by atoms with Crippen LogP contribution in [0, 0.1) is 0 Å². The SMILES string of the molecule is C[C@H]1CN(CCNS(=O)(=O)c2cccc(-n3cnnn3)c2)C[C@H](C)O1. The highest BCUT2D eigenvalue weighted by Crippen LogP contribution is 2.14. The molecule has 9 nitrogen and oxygen atoms in total. The quantitative estimate of drug-likeness (QED) is 0.770. The molecule has 1 fully saturated rings. The lowest BCUT2D eigenvalue weighted by molar-refractivity contribution is -0.0671. The van der Waals surface area contributed by atoms with Crippen LogP contribution in [-0.4, -0.2) is 71.9 Å². The largest absolute Gasteiger partial charge is 0.373 e. The zero-order valence-electron chi connectivity index (χ0n) is 14.2. The average Bonchev–Trinajstić information content (AvgIpc) is 3.08. The molecule has 0 unspecified atom stereocenters. The molecule has 1 aliphatic heterocycles. The first-order valence-corrected chi connectivity index (χ1v) is 9.63.